The number of nitrogens with zero attached hydrogens (tertiary/aromatic N) is 2. The molecule has 18 heavy (non-hydrogen) atoms. The molecule has 0 saturated heterocycles. The molecular formula is C13H15BrN2O2. The Morgan fingerprint density at radius 3 is 2.89 bits per heavy atom. The van der Waals surface area contributed by atoms with Gasteiger partial charge in [-0.3, -0.25) is 4.68 Å². The van der Waals surface area contributed by atoms with E-state index in [4.69, 9.17) is 4.74 Å². The van der Waals surface area contributed by atoms with E-state index in [1.54, 1.807) is 18.0 Å². The molecule has 0 radical (unpaired) electrons. The van der Waals surface area contributed by atoms with Crippen LogP contribution in [0.4, 0.5) is 0 Å². The van der Waals surface area contributed by atoms with Crippen molar-refractivity contribution >= 4 is 15.9 Å². The van der Waals surface area contributed by atoms with Crippen LogP contribution in [0.2, 0.25) is 0 Å². The van der Waals surface area contributed by atoms with Gasteiger partial charge in [0.2, 0.25) is 0 Å². The van der Waals surface area contributed by atoms with E-state index < -0.39 is 6.10 Å². The quantitative estimate of drug-likeness (QED) is 0.943. The van der Waals surface area contributed by atoms with Gasteiger partial charge in [0, 0.05) is 13.5 Å². The number of ether oxygens (including phenoxy) is 1. The van der Waals surface area contributed by atoms with Crippen LogP contribution >= 0.6 is 15.9 Å². The zero-order valence-corrected chi connectivity index (χ0v) is 11.9. The van der Waals surface area contributed by atoms with Crippen molar-refractivity contribution in [1.29, 1.82) is 0 Å². The first-order valence-electron chi connectivity index (χ1n) is 5.60. The third kappa shape index (κ3) is 2.73. The van der Waals surface area contributed by atoms with E-state index in [0.717, 1.165) is 21.5 Å². The maximum absolute atomic E-state index is 10.3. The van der Waals surface area contributed by atoms with Gasteiger partial charge < -0.3 is 9.84 Å². The maximum atomic E-state index is 10.3. The Hall–Kier alpha value is -1.33. The molecule has 5 heteroatoms. The number of hydrogen-bond acceptors (Lipinski definition) is 3. The summed E-state index contributed by atoms with van der Waals surface area (Å²) in [6.45, 7) is 0. The highest BCUT2D eigenvalue weighted by atomic mass is 79.9. The van der Waals surface area contributed by atoms with E-state index >= 15 is 0 Å². The van der Waals surface area contributed by atoms with Crippen molar-refractivity contribution in [3.05, 3.63) is 46.2 Å². The second-order valence-electron chi connectivity index (χ2n) is 4.07. The highest BCUT2D eigenvalue weighted by molar-refractivity contribution is 9.10. The summed E-state index contributed by atoms with van der Waals surface area (Å²) in [4.78, 5) is 0. The fraction of sp³-hybridized carbons (Fsp3) is 0.308. The molecule has 2 aromatic rings. The zero-order valence-electron chi connectivity index (χ0n) is 10.3. The summed E-state index contributed by atoms with van der Waals surface area (Å²) in [5, 5.41) is 14.4. The van der Waals surface area contributed by atoms with Crippen molar-refractivity contribution in [3.8, 4) is 5.75 Å². The molecule has 0 saturated carbocycles. The fourth-order valence-corrected chi connectivity index (χ4v) is 2.53. The lowest BCUT2D eigenvalue weighted by Gasteiger charge is -2.12. The highest BCUT2D eigenvalue weighted by Crippen LogP contribution is 2.26. The van der Waals surface area contributed by atoms with Crippen molar-refractivity contribution in [3.63, 3.8) is 0 Å². The minimum Gasteiger partial charge on any atom is -0.497 e. The molecule has 1 aromatic heterocycles. The monoisotopic (exact) mass is 310 g/mol. The maximum Gasteiger partial charge on any atom is 0.119 e. The van der Waals surface area contributed by atoms with Crippen LogP contribution in [-0.2, 0) is 13.5 Å². The number of aliphatic hydroxyl groups is 1. The van der Waals surface area contributed by atoms with Crippen LogP contribution in [0.5, 0.6) is 5.75 Å². The number of aryl methyl sites for hydroxylation is 1. The lowest BCUT2D eigenvalue weighted by molar-refractivity contribution is 0.167. The molecule has 0 fully saturated rings. The molecule has 1 aromatic carbocycles. The Balaban J connectivity index is 2.18. The number of methoxy groups -OCH3 is 1. The molecular weight excluding hydrogens is 296 g/mol. The molecule has 0 aliphatic carbocycles. The average molecular weight is 311 g/mol. The molecule has 96 valence electrons. The first-order valence-corrected chi connectivity index (χ1v) is 6.39. The van der Waals surface area contributed by atoms with Gasteiger partial charge in [0.25, 0.3) is 0 Å². The van der Waals surface area contributed by atoms with Crippen LogP contribution in [0.15, 0.2) is 34.9 Å². The molecule has 0 aliphatic heterocycles. The second-order valence-corrected chi connectivity index (χ2v) is 4.93. The molecule has 0 aliphatic rings. The number of aromatic nitrogens is 2. The smallest absolute Gasteiger partial charge is 0.119 e. The van der Waals surface area contributed by atoms with E-state index in [0.29, 0.717) is 6.42 Å². The molecule has 2 rings (SSSR count). The molecule has 1 heterocycles. The molecule has 4 nitrogen and oxygen atoms in total. The predicted octanol–water partition coefficient (Wildman–Crippen LogP) is 2.47. The van der Waals surface area contributed by atoms with Crippen molar-refractivity contribution in [2.45, 2.75) is 12.5 Å². The first-order chi connectivity index (χ1) is 8.61. The summed E-state index contributed by atoms with van der Waals surface area (Å²) in [7, 11) is 3.45. The van der Waals surface area contributed by atoms with Gasteiger partial charge >= 0.3 is 0 Å². The van der Waals surface area contributed by atoms with E-state index in [2.05, 4.69) is 21.0 Å². The Morgan fingerprint density at radius 1 is 1.50 bits per heavy atom. The topological polar surface area (TPSA) is 47.3 Å². The molecule has 0 bridgehead atoms. The van der Waals surface area contributed by atoms with Crippen LogP contribution in [0, 0.1) is 0 Å². The number of benzene rings is 1. The minimum absolute atomic E-state index is 0.523. The summed E-state index contributed by atoms with van der Waals surface area (Å²) >= 11 is 3.39. The van der Waals surface area contributed by atoms with Gasteiger partial charge in [-0.1, -0.05) is 12.1 Å². The lowest BCUT2D eigenvalue weighted by Crippen LogP contribution is -2.08. The Morgan fingerprint density at radius 2 is 2.28 bits per heavy atom. The van der Waals surface area contributed by atoms with Crippen molar-refractivity contribution in [2.24, 2.45) is 7.05 Å². The van der Waals surface area contributed by atoms with Gasteiger partial charge in [0.15, 0.2) is 0 Å². The number of rotatable bonds is 4. The van der Waals surface area contributed by atoms with E-state index in [1.807, 2.05) is 31.3 Å². The van der Waals surface area contributed by atoms with Gasteiger partial charge in [0.05, 0.1) is 23.5 Å². The van der Waals surface area contributed by atoms with E-state index in [9.17, 15) is 5.11 Å². The Labute approximate surface area is 114 Å². The molecule has 1 unspecified atom stereocenters. The molecule has 0 spiro atoms. The number of halogens is 1. The van der Waals surface area contributed by atoms with Crippen molar-refractivity contribution < 1.29 is 9.84 Å². The summed E-state index contributed by atoms with van der Waals surface area (Å²) in [6.07, 6.45) is 1.61. The van der Waals surface area contributed by atoms with Crippen LogP contribution < -0.4 is 4.74 Å². The summed E-state index contributed by atoms with van der Waals surface area (Å²) < 4.78 is 7.66. The van der Waals surface area contributed by atoms with Gasteiger partial charge in [-0.05, 0) is 33.6 Å². The predicted molar refractivity (Wildman–Crippen MR) is 72.6 cm³/mol. The summed E-state index contributed by atoms with van der Waals surface area (Å²) in [5.74, 6) is 0.795. The van der Waals surface area contributed by atoms with Crippen molar-refractivity contribution in [2.75, 3.05) is 7.11 Å². The first kappa shape index (κ1) is 13.1. The normalized spacial score (nSPS) is 12.4. The van der Waals surface area contributed by atoms with Crippen molar-refractivity contribution in [1.82, 2.24) is 9.78 Å². The summed E-state index contributed by atoms with van der Waals surface area (Å²) in [5.41, 5.74) is 1.80. The molecule has 1 atom stereocenters. The standard InChI is InChI=1S/C13H15BrN2O2/c1-16-13(11(14)8-15-16)12(17)7-9-4-3-5-10(6-9)18-2/h3-6,8,12,17H,7H2,1-2H3. The van der Waals surface area contributed by atoms with Gasteiger partial charge in [-0.2, -0.15) is 5.10 Å². The minimum atomic E-state index is -0.598. The number of hydrogen-bond donors (Lipinski definition) is 1. The summed E-state index contributed by atoms with van der Waals surface area (Å²) in [6, 6.07) is 7.69. The van der Waals surface area contributed by atoms with Crippen LogP contribution in [0.1, 0.15) is 17.4 Å². The van der Waals surface area contributed by atoms with Gasteiger partial charge in [0.1, 0.15) is 11.9 Å². The van der Waals surface area contributed by atoms with E-state index in [1.165, 1.54) is 0 Å². The zero-order chi connectivity index (χ0) is 13.1. The average Bonchev–Trinajstić information content (AvgIpc) is 2.69. The largest absolute Gasteiger partial charge is 0.497 e. The highest BCUT2D eigenvalue weighted by Gasteiger charge is 2.16. The second kappa shape index (κ2) is 5.54. The van der Waals surface area contributed by atoms with Crippen LogP contribution in [0.25, 0.3) is 0 Å². The van der Waals surface area contributed by atoms with Gasteiger partial charge in [-0.25, -0.2) is 0 Å². The van der Waals surface area contributed by atoms with Gasteiger partial charge in [-0.15, -0.1) is 0 Å². The van der Waals surface area contributed by atoms with E-state index in [-0.39, 0.29) is 0 Å². The molecule has 1 N–H and O–H groups in total. The fourth-order valence-electron chi connectivity index (χ4n) is 1.91. The third-order valence-electron chi connectivity index (χ3n) is 2.82. The number of aliphatic hydroxyl groups excluding tert-OH is 1. The third-order valence-corrected chi connectivity index (χ3v) is 3.43. The Kier molecular flexibility index (Phi) is 4.04. The lowest BCUT2D eigenvalue weighted by atomic mass is 10.1. The SMILES string of the molecule is COc1cccc(CC(O)c2c(Br)cnn2C)c1. The van der Waals surface area contributed by atoms with Crippen LogP contribution in [-0.4, -0.2) is 22.0 Å². The van der Waals surface area contributed by atoms with Crippen LogP contribution in [0.3, 0.4) is 0 Å². The Bertz CT molecular complexity index is 520. The molecule has 0 amide bonds.